The van der Waals surface area contributed by atoms with Crippen molar-refractivity contribution < 1.29 is 14.3 Å². The standard InChI is InChI=1S/C18H15Cl3N2O3/c1-10(26-18(25)16-15(21)14(20)13(19)8-22-16)17(24)23-7-6-11-4-2-3-5-12(11)9-23/h2-5,8,10H,6-7,9H2,1H3/t10-/m0/s1. The van der Waals surface area contributed by atoms with Gasteiger partial charge in [0, 0.05) is 19.3 Å². The Morgan fingerprint density at radius 1 is 1.15 bits per heavy atom. The molecule has 2 heterocycles. The molecule has 1 aliphatic rings. The van der Waals surface area contributed by atoms with Crippen LogP contribution in [0, 0.1) is 0 Å². The minimum absolute atomic E-state index is 0.0156. The fourth-order valence-corrected chi connectivity index (χ4v) is 3.35. The number of carbonyl (C=O) groups is 2. The Bertz CT molecular complexity index is 873. The molecule has 0 N–H and O–H groups in total. The number of ether oxygens (including phenoxy) is 1. The van der Waals surface area contributed by atoms with Crippen LogP contribution in [-0.4, -0.2) is 34.4 Å². The Labute approximate surface area is 165 Å². The van der Waals surface area contributed by atoms with Gasteiger partial charge in [-0.1, -0.05) is 59.1 Å². The molecule has 1 aliphatic heterocycles. The Balaban J connectivity index is 1.68. The third-order valence-electron chi connectivity index (χ3n) is 4.18. The molecular weight excluding hydrogens is 399 g/mol. The van der Waals surface area contributed by atoms with Crippen LogP contribution < -0.4 is 0 Å². The molecule has 5 nitrogen and oxygen atoms in total. The van der Waals surface area contributed by atoms with E-state index in [0.717, 1.165) is 12.0 Å². The minimum Gasteiger partial charge on any atom is -0.448 e. The third kappa shape index (κ3) is 3.80. The van der Waals surface area contributed by atoms with Crippen LogP contribution >= 0.6 is 34.8 Å². The zero-order chi connectivity index (χ0) is 18.8. The number of hydrogen-bond acceptors (Lipinski definition) is 4. The van der Waals surface area contributed by atoms with Gasteiger partial charge in [-0.3, -0.25) is 4.79 Å². The molecule has 0 unspecified atom stereocenters. The van der Waals surface area contributed by atoms with Gasteiger partial charge in [-0.25, -0.2) is 9.78 Å². The molecule has 0 saturated carbocycles. The molecule has 1 aromatic carbocycles. The van der Waals surface area contributed by atoms with E-state index in [-0.39, 0.29) is 26.7 Å². The van der Waals surface area contributed by atoms with E-state index < -0.39 is 12.1 Å². The van der Waals surface area contributed by atoms with Crippen LogP contribution in [0.25, 0.3) is 0 Å². The molecule has 2 aromatic rings. The van der Waals surface area contributed by atoms with Crippen molar-refractivity contribution in [1.29, 1.82) is 0 Å². The van der Waals surface area contributed by atoms with Crippen molar-refractivity contribution in [3.8, 4) is 0 Å². The van der Waals surface area contributed by atoms with E-state index in [1.807, 2.05) is 18.2 Å². The lowest BCUT2D eigenvalue weighted by atomic mass is 9.99. The van der Waals surface area contributed by atoms with Gasteiger partial charge in [-0.05, 0) is 24.5 Å². The molecule has 0 spiro atoms. The highest BCUT2D eigenvalue weighted by Gasteiger charge is 2.28. The number of carbonyl (C=O) groups excluding carboxylic acids is 2. The summed E-state index contributed by atoms with van der Waals surface area (Å²) >= 11 is 17.7. The number of hydrogen-bond donors (Lipinski definition) is 0. The number of halogens is 3. The minimum atomic E-state index is -0.972. The van der Waals surface area contributed by atoms with E-state index in [4.69, 9.17) is 39.5 Å². The summed E-state index contributed by atoms with van der Waals surface area (Å²) in [5, 5.41) is 0.0435. The maximum atomic E-state index is 12.6. The van der Waals surface area contributed by atoms with Gasteiger partial charge in [0.2, 0.25) is 0 Å². The van der Waals surface area contributed by atoms with Crippen LogP contribution in [0.4, 0.5) is 0 Å². The second-order valence-corrected chi connectivity index (χ2v) is 7.07. The monoisotopic (exact) mass is 412 g/mol. The number of nitrogens with zero attached hydrogens (tertiary/aromatic N) is 2. The Hall–Kier alpha value is -1.82. The smallest absolute Gasteiger partial charge is 0.359 e. The first kappa shape index (κ1) is 19.0. The highest BCUT2D eigenvalue weighted by Crippen LogP contribution is 2.31. The first-order chi connectivity index (χ1) is 12.4. The molecule has 0 aliphatic carbocycles. The first-order valence-corrected chi connectivity index (χ1v) is 9.08. The summed E-state index contributed by atoms with van der Waals surface area (Å²) in [6.45, 7) is 2.58. The van der Waals surface area contributed by atoms with Crippen LogP contribution in [0.15, 0.2) is 30.5 Å². The van der Waals surface area contributed by atoms with E-state index in [9.17, 15) is 9.59 Å². The summed E-state index contributed by atoms with van der Waals surface area (Å²) in [6.07, 6.45) is 1.00. The molecule has 0 bridgehead atoms. The zero-order valence-corrected chi connectivity index (χ0v) is 16.1. The molecular formula is C18H15Cl3N2O3. The fourth-order valence-electron chi connectivity index (χ4n) is 2.79. The lowest BCUT2D eigenvalue weighted by molar-refractivity contribution is -0.140. The number of benzene rings is 1. The summed E-state index contributed by atoms with van der Waals surface area (Å²) in [4.78, 5) is 30.4. The van der Waals surface area contributed by atoms with Gasteiger partial charge < -0.3 is 9.64 Å². The number of aromatic nitrogens is 1. The molecule has 0 saturated heterocycles. The maximum absolute atomic E-state index is 12.6. The van der Waals surface area contributed by atoms with E-state index in [1.54, 1.807) is 4.90 Å². The maximum Gasteiger partial charge on any atom is 0.359 e. The van der Waals surface area contributed by atoms with Crippen LogP contribution in [0.2, 0.25) is 15.1 Å². The van der Waals surface area contributed by atoms with Crippen molar-refractivity contribution in [1.82, 2.24) is 9.88 Å². The average molecular weight is 414 g/mol. The number of fused-ring (bicyclic) bond motifs is 1. The van der Waals surface area contributed by atoms with Gasteiger partial charge in [0.05, 0.1) is 15.1 Å². The van der Waals surface area contributed by atoms with Crippen molar-refractivity contribution in [3.05, 3.63) is 62.4 Å². The molecule has 1 amide bonds. The molecule has 136 valence electrons. The van der Waals surface area contributed by atoms with Crippen LogP contribution in [0.1, 0.15) is 28.5 Å². The van der Waals surface area contributed by atoms with Crippen molar-refractivity contribution in [2.75, 3.05) is 6.54 Å². The molecule has 1 atom stereocenters. The lowest BCUT2D eigenvalue weighted by Crippen LogP contribution is -2.42. The predicted molar refractivity (Wildman–Crippen MR) is 99.7 cm³/mol. The van der Waals surface area contributed by atoms with Gasteiger partial charge in [0.15, 0.2) is 11.8 Å². The summed E-state index contributed by atoms with van der Waals surface area (Å²) in [6, 6.07) is 7.96. The van der Waals surface area contributed by atoms with Crippen molar-refractivity contribution in [2.24, 2.45) is 0 Å². The fraction of sp³-hybridized carbons (Fsp3) is 0.278. The zero-order valence-electron chi connectivity index (χ0n) is 13.8. The molecule has 0 fully saturated rings. The largest absolute Gasteiger partial charge is 0.448 e. The van der Waals surface area contributed by atoms with Crippen LogP contribution in [-0.2, 0) is 22.5 Å². The Morgan fingerprint density at radius 3 is 2.58 bits per heavy atom. The predicted octanol–water partition coefficient (Wildman–Crippen LogP) is 4.17. The summed E-state index contributed by atoms with van der Waals surface area (Å²) < 4.78 is 5.24. The lowest BCUT2D eigenvalue weighted by Gasteiger charge is -2.30. The van der Waals surface area contributed by atoms with Crippen LogP contribution in [0.3, 0.4) is 0 Å². The van der Waals surface area contributed by atoms with Gasteiger partial charge in [-0.15, -0.1) is 0 Å². The number of pyridine rings is 1. The Morgan fingerprint density at radius 2 is 1.85 bits per heavy atom. The topological polar surface area (TPSA) is 59.5 Å². The second kappa shape index (κ2) is 7.82. The highest BCUT2D eigenvalue weighted by molar-refractivity contribution is 6.48. The third-order valence-corrected chi connectivity index (χ3v) is 5.43. The molecule has 26 heavy (non-hydrogen) atoms. The van der Waals surface area contributed by atoms with Gasteiger partial charge in [0.1, 0.15) is 0 Å². The van der Waals surface area contributed by atoms with Crippen molar-refractivity contribution >= 4 is 46.7 Å². The summed E-state index contributed by atoms with van der Waals surface area (Å²) in [5.41, 5.74) is 2.15. The number of amides is 1. The highest BCUT2D eigenvalue weighted by atomic mass is 35.5. The quantitative estimate of drug-likeness (QED) is 0.709. The van der Waals surface area contributed by atoms with Gasteiger partial charge in [-0.2, -0.15) is 0 Å². The second-order valence-electron chi connectivity index (χ2n) is 5.91. The Kier molecular flexibility index (Phi) is 5.70. The van der Waals surface area contributed by atoms with Crippen molar-refractivity contribution in [2.45, 2.75) is 26.0 Å². The molecule has 1 aromatic heterocycles. The SMILES string of the molecule is C[C@H](OC(=O)c1ncc(Cl)c(Cl)c1Cl)C(=O)N1CCc2ccccc2C1. The van der Waals surface area contributed by atoms with E-state index >= 15 is 0 Å². The van der Waals surface area contributed by atoms with Gasteiger partial charge >= 0.3 is 5.97 Å². The van der Waals surface area contributed by atoms with Crippen molar-refractivity contribution in [3.63, 3.8) is 0 Å². The average Bonchev–Trinajstić information content (AvgIpc) is 2.65. The normalized spacial score (nSPS) is 14.5. The molecule has 8 heteroatoms. The van der Waals surface area contributed by atoms with E-state index in [1.165, 1.54) is 18.7 Å². The number of rotatable bonds is 3. The van der Waals surface area contributed by atoms with E-state index in [0.29, 0.717) is 13.1 Å². The summed E-state index contributed by atoms with van der Waals surface area (Å²) in [5.74, 6) is -1.10. The van der Waals surface area contributed by atoms with E-state index in [2.05, 4.69) is 11.1 Å². The van der Waals surface area contributed by atoms with Gasteiger partial charge in [0.25, 0.3) is 5.91 Å². The molecule has 3 rings (SSSR count). The molecule has 0 radical (unpaired) electrons. The number of esters is 1. The summed E-state index contributed by atoms with van der Waals surface area (Å²) in [7, 11) is 0. The van der Waals surface area contributed by atoms with Crippen LogP contribution in [0.5, 0.6) is 0 Å². The first-order valence-electron chi connectivity index (χ1n) is 7.94.